The van der Waals surface area contributed by atoms with E-state index in [-0.39, 0.29) is 17.9 Å². The van der Waals surface area contributed by atoms with Crippen LogP contribution < -0.4 is 9.47 Å². The molecule has 0 amide bonds. The molecule has 0 saturated carbocycles. The van der Waals surface area contributed by atoms with Crippen LogP contribution in [0.3, 0.4) is 0 Å². The van der Waals surface area contributed by atoms with E-state index in [9.17, 15) is 13.2 Å². The first-order valence-electron chi connectivity index (χ1n) is 11.0. The van der Waals surface area contributed by atoms with Gasteiger partial charge in [0.25, 0.3) is 0 Å². The van der Waals surface area contributed by atoms with Crippen molar-refractivity contribution in [3.05, 3.63) is 53.1 Å². The molecule has 0 radical (unpaired) electrons. The number of aryl methyl sites for hydroxylation is 1. The van der Waals surface area contributed by atoms with Crippen LogP contribution in [0.25, 0.3) is 0 Å². The standard InChI is InChI=1S/C24H31NO6S/c1-5-17-8-10-19(11-9-17)32(27,28)25-13-12-18-14-22(30-6-2)23(31-7-3)15-20(18)21(25)16-24(26)29-4/h8-11,14-15,21H,5-7,12-13,16H2,1-4H3/t21-/m1/s1. The summed E-state index contributed by atoms with van der Waals surface area (Å²) in [5.74, 6) is 0.683. The molecule has 2 aromatic rings. The fourth-order valence-corrected chi connectivity index (χ4v) is 5.60. The van der Waals surface area contributed by atoms with Crippen LogP contribution in [0.1, 0.15) is 49.9 Å². The number of carbonyl (C=O) groups excluding carboxylic acids is 1. The average molecular weight is 462 g/mol. The van der Waals surface area contributed by atoms with Crippen molar-refractivity contribution in [2.24, 2.45) is 0 Å². The van der Waals surface area contributed by atoms with Crippen molar-refractivity contribution in [1.82, 2.24) is 4.31 Å². The number of carbonyl (C=O) groups is 1. The number of sulfonamides is 1. The second-order valence-corrected chi connectivity index (χ2v) is 9.41. The molecule has 0 fully saturated rings. The van der Waals surface area contributed by atoms with Crippen LogP contribution in [0.4, 0.5) is 0 Å². The first-order valence-corrected chi connectivity index (χ1v) is 12.4. The van der Waals surface area contributed by atoms with E-state index >= 15 is 0 Å². The molecule has 8 heteroatoms. The second kappa shape index (κ2) is 10.4. The van der Waals surface area contributed by atoms with Gasteiger partial charge in [-0.3, -0.25) is 4.79 Å². The molecular formula is C24H31NO6S. The summed E-state index contributed by atoms with van der Waals surface area (Å²) < 4.78 is 44.9. The number of hydrogen-bond acceptors (Lipinski definition) is 6. The largest absolute Gasteiger partial charge is 0.490 e. The van der Waals surface area contributed by atoms with Gasteiger partial charge < -0.3 is 14.2 Å². The molecule has 1 aliphatic rings. The Balaban J connectivity index is 2.08. The van der Waals surface area contributed by atoms with Gasteiger partial charge in [0.15, 0.2) is 11.5 Å². The van der Waals surface area contributed by atoms with Crippen LogP contribution in [0, 0.1) is 0 Å². The summed E-state index contributed by atoms with van der Waals surface area (Å²) >= 11 is 0. The SMILES string of the molecule is CCOc1cc2c(cc1OCC)[C@@H](CC(=O)OC)N(S(=O)(=O)c1ccc(CC)cc1)CC2. The molecule has 0 saturated heterocycles. The minimum absolute atomic E-state index is 0.0880. The van der Waals surface area contributed by atoms with Crippen LogP contribution in [0.2, 0.25) is 0 Å². The topological polar surface area (TPSA) is 82.1 Å². The molecule has 0 aliphatic carbocycles. The van der Waals surface area contributed by atoms with Crippen molar-refractivity contribution in [2.45, 2.75) is 51.0 Å². The Hall–Kier alpha value is -2.58. The molecule has 0 spiro atoms. The lowest BCUT2D eigenvalue weighted by Gasteiger charge is -2.36. The van der Waals surface area contributed by atoms with Crippen molar-refractivity contribution in [3.63, 3.8) is 0 Å². The number of nitrogens with zero attached hydrogens (tertiary/aromatic N) is 1. The van der Waals surface area contributed by atoms with Gasteiger partial charge >= 0.3 is 5.97 Å². The molecule has 1 heterocycles. The molecule has 0 N–H and O–H groups in total. The van der Waals surface area contributed by atoms with Crippen LogP contribution in [0.15, 0.2) is 41.3 Å². The van der Waals surface area contributed by atoms with E-state index in [0.29, 0.717) is 31.1 Å². The fraction of sp³-hybridized carbons (Fsp3) is 0.458. The van der Waals surface area contributed by atoms with Crippen molar-refractivity contribution < 1.29 is 27.4 Å². The lowest BCUT2D eigenvalue weighted by molar-refractivity contribution is -0.141. The number of ether oxygens (including phenoxy) is 3. The van der Waals surface area contributed by atoms with Crippen molar-refractivity contribution in [1.29, 1.82) is 0 Å². The van der Waals surface area contributed by atoms with E-state index in [1.165, 1.54) is 11.4 Å². The number of methoxy groups -OCH3 is 1. The van der Waals surface area contributed by atoms with Crippen molar-refractivity contribution in [3.8, 4) is 11.5 Å². The summed E-state index contributed by atoms with van der Waals surface area (Å²) in [6, 6.07) is 9.90. The van der Waals surface area contributed by atoms with Gasteiger partial charge in [0.2, 0.25) is 10.0 Å². The maximum absolute atomic E-state index is 13.6. The van der Waals surface area contributed by atoms with Gasteiger partial charge in [-0.05, 0) is 67.6 Å². The van der Waals surface area contributed by atoms with Crippen molar-refractivity contribution in [2.75, 3.05) is 26.9 Å². The van der Waals surface area contributed by atoms with Crippen LogP contribution in [-0.4, -0.2) is 45.6 Å². The molecule has 0 unspecified atom stereocenters. The van der Waals surface area contributed by atoms with Crippen LogP contribution >= 0.6 is 0 Å². The second-order valence-electron chi connectivity index (χ2n) is 7.52. The number of fused-ring (bicyclic) bond motifs is 1. The molecule has 3 rings (SSSR count). The highest BCUT2D eigenvalue weighted by molar-refractivity contribution is 7.89. The summed E-state index contributed by atoms with van der Waals surface area (Å²) in [6.45, 7) is 6.96. The highest BCUT2D eigenvalue weighted by Crippen LogP contribution is 2.42. The van der Waals surface area contributed by atoms with Crippen LogP contribution in [-0.2, 0) is 32.4 Å². The van der Waals surface area contributed by atoms with E-state index in [1.807, 2.05) is 39.0 Å². The van der Waals surface area contributed by atoms with Gasteiger partial charge in [0.05, 0.1) is 37.7 Å². The molecule has 1 atom stereocenters. The summed E-state index contributed by atoms with van der Waals surface area (Å²) in [4.78, 5) is 12.5. The highest BCUT2D eigenvalue weighted by atomic mass is 32.2. The Labute approximate surface area is 190 Å². The number of esters is 1. The van der Waals surface area contributed by atoms with E-state index < -0.39 is 22.0 Å². The molecule has 174 valence electrons. The van der Waals surface area contributed by atoms with Crippen LogP contribution in [0.5, 0.6) is 11.5 Å². The van der Waals surface area contributed by atoms with E-state index in [0.717, 1.165) is 23.1 Å². The van der Waals surface area contributed by atoms with E-state index in [1.54, 1.807) is 18.2 Å². The predicted octanol–water partition coefficient (Wildman–Crippen LogP) is 3.90. The minimum Gasteiger partial charge on any atom is -0.490 e. The van der Waals surface area contributed by atoms with Gasteiger partial charge in [0, 0.05) is 6.54 Å². The normalized spacial score (nSPS) is 16.3. The third-order valence-electron chi connectivity index (χ3n) is 5.64. The summed E-state index contributed by atoms with van der Waals surface area (Å²) in [5.41, 5.74) is 2.74. The first-order chi connectivity index (χ1) is 15.3. The summed E-state index contributed by atoms with van der Waals surface area (Å²) in [5, 5.41) is 0. The predicted molar refractivity (Wildman–Crippen MR) is 122 cm³/mol. The highest BCUT2D eigenvalue weighted by Gasteiger charge is 2.38. The zero-order valence-corrected chi connectivity index (χ0v) is 19.9. The maximum Gasteiger partial charge on any atom is 0.307 e. The maximum atomic E-state index is 13.6. The van der Waals surface area contributed by atoms with Gasteiger partial charge in [-0.2, -0.15) is 4.31 Å². The summed E-state index contributed by atoms with van der Waals surface area (Å²) in [6.07, 6.45) is 1.24. The molecule has 0 aromatic heterocycles. The van der Waals surface area contributed by atoms with E-state index in [2.05, 4.69) is 0 Å². The van der Waals surface area contributed by atoms with Gasteiger partial charge in [-0.25, -0.2) is 8.42 Å². The minimum atomic E-state index is -3.82. The lowest BCUT2D eigenvalue weighted by atomic mass is 9.91. The number of hydrogen-bond donors (Lipinski definition) is 0. The fourth-order valence-electron chi connectivity index (χ4n) is 4.00. The van der Waals surface area contributed by atoms with Gasteiger partial charge in [0.1, 0.15) is 0 Å². The third kappa shape index (κ3) is 4.91. The molecule has 2 aromatic carbocycles. The number of benzene rings is 2. The monoisotopic (exact) mass is 461 g/mol. The molecule has 7 nitrogen and oxygen atoms in total. The smallest absolute Gasteiger partial charge is 0.307 e. The Morgan fingerprint density at radius 3 is 2.22 bits per heavy atom. The lowest BCUT2D eigenvalue weighted by Crippen LogP contribution is -2.41. The Morgan fingerprint density at radius 1 is 1.03 bits per heavy atom. The number of rotatable bonds is 9. The Kier molecular flexibility index (Phi) is 7.79. The summed E-state index contributed by atoms with van der Waals surface area (Å²) in [7, 11) is -2.52. The zero-order chi connectivity index (χ0) is 23.3. The molecule has 1 aliphatic heterocycles. The van der Waals surface area contributed by atoms with E-state index in [4.69, 9.17) is 14.2 Å². The zero-order valence-electron chi connectivity index (χ0n) is 19.1. The Morgan fingerprint density at radius 2 is 1.66 bits per heavy atom. The quantitative estimate of drug-likeness (QED) is 0.527. The average Bonchev–Trinajstić information content (AvgIpc) is 2.80. The van der Waals surface area contributed by atoms with Gasteiger partial charge in [-0.15, -0.1) is 0 Å². The molecule has 32 heavy (non-hydrogen) atoms. The third-order valence-corrected chi connectivity index (χ3v) is 7.56. The van der Waals surface area contributed by atoms with Gasteiger partial charge in [-0.1, -0.05) is 19.1 Å². The first kappa shape index (κ1) is 24.1. The van der Waals surface area contributed by atoms with Crippen molar-refractivity contribution >= 4 is 16.0 Å². The molecule has 0 bridgehead atoms. The molecular weight excluding hydrogens is 430 g/mol. The Bertz CT molecular complexity index is 1050.